The minimum atomic E-state index is -2.93. The van der Waals surface area contributed by atoms with Gasteiger partial charge in [-0.1, -0.05) is 6.07 Å². The summed E-state index contributed by atoms with van der Waals surface area (Å²) in [5, 5.41) is 6.26. The van der Waals surface area contributed by atoms with Crippen molar-refractivity contribution in [1.82, 2.24) is 5.32 Å². The monoisotopic (exact) mass is 537 g/mol. The third kappa shape index (κ3) is 7.39. The summed E-state index contributed by atoms with van der Waals surface area (Å²) in [7, 11) is 4.59. The van der Waals surface area contributed by atoms with Gasteiger partial charge >= 0.3 is 6.61 Å². The van der Waals surface area contributed by atoms with E-state index in [2.05, 4.69) is 20.4 Å². The Hall–Kier alpha value is -2.50. The minimum absolute atomic E-state index is 0. The zero-order valence-electron chi connectivity index (χ0n) is 17.2. The van der Waals surface area contributed by atoms with Gasteiger partial charge in [-0.25, -0.2) is 0 Å². The summed E-state index contributed by atoms with van der Waals surface area (Å²) >= 11 is 0. The summed E-state index contributed by atoms with van der Waals surface area (Å²) < 4.78 is 45.5. The number of nitrogens with one attached hydrogen (secondary N) is 2. The average molecular weight is 537 g/mol. The molecule has 166 valence electrons. The van der Waals surface area contributed by atoms with Crippen LogP contribution in [0, 0.1) is 0 Å². The lowest BCUT2D eigenvalue weighted by Crippen LogP contribution is -2.30. The van der Waals surface area contributed by atoms with Crippen molar-refractivity contribution >= 4 is 35.6 Å². The van der Waals surface area contributed by atoms with Gasteiger partial charge in [0.05, 0.1) is 20.8 Å². The molecule has 0 radical (unpaired) electrons. The molecular formula is C20H26F2IN3O4. The Morgan fingerprint density at radius 3 is 2.27 bits per heavy atom. The number of ether oxygens (including phenoxy) is 4. The van der Waals surface area contributed by atoms with Gasteiger partial charge in [0, 0.05) is 25.3 Å². The molecule has 10 heteroatoms. The van der Waals surface area contributed by atoms with Gasteiger partial charge in [-0.05, 0) is 36.8 Å². The van der Waals surface area contributed by atoms with E-state index in [1.54, 1.807) is 38.4 Å². The summed E-state index contributed by atoms with van der Waals surface area (Å²) in [6.45, 7) is -0.206. The Labute approximate surface area is 191 Å². The predicted molar refractivity (Wildman–Crippen MR) is 123 cm³/mol. The van der Waals surface area contributed by atoms with Crippen LogP contribution >= 0.6 is 24.0 Å². The van der Waals surface area contributed by atoms with E-state index in [0.29, 0.717) is 36.2 Å². The number of rotatable bonds is 9. The zero-order valence-corrected chi connectivity index (χ0v) is 19.5. The largest absolute Gasteiger partial charge is 0.493 e. The number of alkyl halides is 2. The van der Waals surface area contributed by atoms with Crippen LogP contribution in [-0.4, -0.2) is 40.4 Å². The number of halogens is 3. The highest BCUT2D eigenvalue weighted by Gasteiger charge is 2.12. The molecular weight excluding hydrogens is 511 g/mol. The fourth-order valence-electron chi connectivity index (χ4n) is 2.54. The van der Waals surface area contributed by atoms with Crippen LogP contribution < -0.4 is 29.6 Å². The Kier molecular flexibility index (Phi) is 11.0. The Balaban J connectivity index is 0.00000450. The molecule has 0 bridgehead atoms. The molecule has 30 heavy (non-hydrogen) atoms. The molecule has 2 aromatic carbocycles. The number of benzene rings is 2. The van der Waals surface area contributed by atoms with Crippen LogP contribution in [0.15, 0.2) is 41.4 Å². The van der Waals surface area contributed by atoms with E-state index in [0.717, 1.165) is 5.69 Å². The van der Waals surface area contributed by atoms with Crippen LogP contribution in [0.4, 0.5) is 14.5 Å². The highest BCUT2D eigenvalue weighted by atomic mass is 127. The molecule has 0 atom stereocenters. The fourth-order valence-corrected chi connectivity index (χ4v) is 2.54. The summed E-state index contributed by atoms with van der Waals surface area (Å²) in [6, 6.07) is 10.2. The first-order valence-corrected chi connectivity index (χ1v) is 8.90. The van der Waals surface area contributed by atoms with Crippen LogP contribution in [0.3, 0.4) is 0 Å². The molecule has 0 unspecified atom stereocenters. The third-order valence-corrected chi connectivity index (χ3v) is 3.85. The van der Waals surface area contributed by atoms with Gasteiger partial charge in [-0.2, -0.15) is 8.78 Å². The summed E-state index contributed by atoms with van der Waals surface area (Å²) in [4.78, 5) is 4.17. The highest BCUT2D eigenvalue weighted by Crippen LogP contribution is 2.31. The number of methoxy groups -OCH3 is 2. The number of aliphatic imine (C=N–C) groups is 1. The number of anilines is 1. The van der Waals surface area contributed by atoms with Crippen molar-refractivity contribution in [1.29, 1.82) is 0 Å². The second-order valence-electron chi connectivity index (χ2n) is 5.71. The lowest BCUT2D eigenvalue weighted by Gasteiger charge is -2.15. The van der Waals surface area contributed by atoms with E-state index >= 15 is 0 Å². The fraction of sp³-hybridized carbons (Fsp3) is 0.350. The Morgan fingerprint density at radius 1 is 1.00 bits per heavy atom. The van der Waals surface area contributed by atoms with E-state index in [1.165, 1.54) is 13.2 Å². The Bertz CT molecular complexity index is 838. The van der Waals surface area contributed by atoms with Gasteiger partial charge < -0.3 is 29.6 Å². The first kappa shape index (κ1) is 25.5. The molecule has 0 spiro atoms. The molecule has 2 N–H and O–H groups in total. The van der Waals surface area contributed by atoms with E-state index in [4.69, 9.17) is 14.2 Å². The second kappa shape index (κ2) is 12.9. The summed E-state index contributed by atoms with van der Waals surface area (Å²) in [6.07, 6.45) is 0. The van der Waals surface area contributed by atoms with Gasteiger partial charge in [0.25, 0.3) is 0 Å². The maximum atomic E-state index is 12.6. The molecule has 7 nitrogen and oxygen atoms in total. The molecule has 0 aliphatic rings. The Morgan fingerprint density at radius 2 is 1.67 bits per heavy atom. The number of nitrogens with zero attached hydrogens (tertiary/aromatic N) is 1. The number of guanidine groups is 1. The van der Waals surface area contributed by atoms with E-state index in [9.17, 15) is 8.78 Å². The minimum Gasteiger partial charge on any atom is -0.493 e. The standard InChI is InChI=1S/C20H25F2N3O4.HI/c1-5-28-17-11-14(7-9-15(17)26-3)25-20(23-2)24-12-13-6-8-16(27-4)18(10-13)29-19(21)22;/h6-11,19H,5,12H2,1-4H3,(H2,23,24,25);1H. The maximum Gasteiger partial charge on any atom is 0.387 e. The van der Waals surface area contributed by atoms with E-state index in [1.807, 2.05) is 13.0 Å². The van der Waals surface area contributed by atoms with Crippen molar-refractivity contribution in [2.45, 2.75) is 20.1 Å². The lowest BCUT2D eigenvalue weighted by atomic mass is 10.2. The van der Waals surface area contributed by atoms with Gasteiger partial charge in [0.15, 0.2) is 29.0 Å². The maximum absolute atomic E-state index is 12.6. The summed E-state index contributed by atoms with van der Waals surface area (Å²) in [5.74, 6) is 1.94. The van der Waals surface area contributed by atoms with Crippen LogP contribution in [0.2, 0.25) is 0 Å². The van der Waals surface area contributed by atoms with E-state index in [-0.39, 0.29) is 35.5 Å². The molecule has 0 heterocycles. The van der Waals surface area contributed by atoms with Crippen LogP contribution in [0.25, 0.3) is 0 Å². The van der Waals surface area contributed by atoms with Crippen molar-refractivity contribution in [3.63, 3.8) is 0 Å². The third-order valence-electron chi connectivity index (χ3n) is 3.85. The van der Waals surface area contributed by atoms with Crippen molar-refractivity contribution in [3.8, 4) is 23.0 Å². The average Bonchev–Trinajstić information content (AvgIpc) is 2.71. The topological polar surface area (TPSA) is 73.3 Å². The molecule has 0 aliphatic heterocycles. The van der Waals surface area contributed by atoms with Crippen molar-refractivity contribution in [2.24, 2.45) is 4.99 Å². The van der Waals surface area contributed by atoms with Crippen LogP contribution in [0.1, 0.15) is 12.5 Å². The quantitative estimate of drug-likeness (QED) is 0.279. The van der Waals surface area contributed by atoms with Gasteiger partial charge in [-0.15, -0.1) is 24.0 Å². The molecule has 0 fully saturated rings. The van der Waals surface area contributed by atoms with Crippen LogP contribution in [-0.2, 0) is 6.54 Å². The van der Waals surface area contributed by atoms with Gasteiger partial charge in [-0.3, -0.25) is 4.99 Å². The number of hydrogen-bond acceptors (Lipinski definition) is 5. The molecule has 0 amide bonds. The molecule has 0 saturated carbocycles. The first-order chi connectivity index (χ1) is 14.0. The van der Waals surface area contributed by atoms with Crippen LogP contribution in [0.5, 0.6) is 23.0 Å². The highest BCUT2D eigenvalue weighted by molar-refractivity contribution is 14.0. The molecule has 2 rings (SSSR count). The SMILES string of the molecule is CCOc1cc(NC(=NC)NCc2ccc(OC)c(OC(F)F)c2)ccc1OC.I. The lowest BCUT2D eigenvalue weighted by molar-refractivity contribution is -0.0512. The second-order valence-corrected chi connectivity index (χ2v) is 5.71. The van der Waals surface area contributed by atoms with Crippen molar-refractivity contribution in [2.75, 3.05) is 33.2 Å². The van der Waals surface area contributed by atoms with E-state index < -0.39 is 6.61 Å². The normalized spacial score (nSPS) is 10.8. The smallest absolute Gasteiger partial charge is 0.387 e. The first-order valence-electron chi connectivity index (χ1n) is 8.90. The van der Waals surface area contributed by atoms with Crippen molar-refractivity contribution in [3.05, 3.63) is 42.0 Å². The van der Waals surface area contributed by atoms with Gasteiger partial charge in [0.1, 0.15) is 0 Å². The van der Waals surface area contributed by atoms with Crippen molar-refractivity contribution < 1.29 is 27.7 Å². The van der Waals surface area contributed by atoms with Gasteiger partial charge in [0.2, 0.25) is 0 Å². The molecule has 2 aromatic rings. The molecule has 0 aromatic heterocycles. The molecule has 0 saturated heterocycles. The molecule has 0 aliphatic carbocycles. The number of hydrogen-bond donors (Lipinski definition) is 2. The predicted octanol–water partition coefficient (Wildman–Crippen LogP) is 4.51. The summed E-state index contributed by atoms with van der Waals surface area (Å²) in [5.41, 5.74) is 1.47. The zero-order chi connectivity index (χ0) is 21.2.